The van der Waals surface area contributed by atoms with E-state index >= 15 is 0 Å². The van der Waals surface area contributed by atoms with Gasteiger partial charge in [-0.05, 0) is 31.1 Å². The van der Waals surface area contributed by atoms with Crippen molar-refractivity contribution in [1.82, 2.24) is 0 Å². The second-order valence-corrected chi connectivity index (χ2v) is 3.66. The highest BCUT2D eigenvalue weighted by molar-refractivity contribution is 5.03. The van der Waals surface area contributed by atoms with Crippen molar-refractivity contribution >= 4 is 0 Å². The van der Waals surface area contributed by atoms with E-state index in [1.54, 1.807) is 0 Å². The van der Waals surface area contributed by atoms with Crippen molar-refractivity contribution in [2.24, 2.45) is 5.41 Å². The molecule has 0 aromatic carbocycles. The van der Waals surface area contributed by atoms with Crippen LogP contribution >= 0.6 is 0 Å². The van der Waals surface area contributed by atoms with Gasteiger partial charge >= 0.3 is 0 Å². The third-order valence-electron chi connectivity index (χ3n) is 2.65. The standard InChI is InChI=1S/C11H18/c1-3-11(2)9-7-5-4-6-8-10-11/h4-5,8,10H,3,6-7,9H2,1-2H3/b5-4-,10-8-. The van der Waals surface area contributed by atoms with Crippen LogP contribution in [0.1, 0.15) is 39.5 Å². The van der Waals surface area contributed by atoms with Crippen LogP contribution in [-0.2, 0) is 0 Å². The maximum atomic E-state index is 2.39. The maximum absolute atomic E-state index is 2.39. The first kappa shape index (κ1) is 8.58. The molecule has 0 heterocycles. The number of allylic oxidation sites excluding steroid dienone is 4. The fourth-order valence-corrected chi connectivity index (χ4v) is 1.44. The number of hydrogen-bond donors (Lipinski definition) is 0. The van der Waals surface area contributed by atoms with Gasteiger partial charge in [0.25, 0.3) is 0 Å². The highest BCUT2D eigenvalue weighted by Gasteiger charge is 2.16. The molecule has 0 heteroatoms. The molecule has 0 saturated carbocycles. The van der Waals surface area contributed by atoms with Crippen molar-refractivity contribution in [1.29, 1.82) is 0 Å². The van der Waals surface area contributed by atoms with E-state index in [0.29, 0.717) is 5.41 Å². The van der Waals surface area contributed by atoms with Crippen LogP contribution in [0.2, 0.25) is 0 Å². The molecule has 0 nitrogen and oxygen atoms in total. The molecule has 0 aromatic rings. The van der Waals surface area contributed by atoms with Crippen molar-refractivity contribution in [3.05, 3.63) is 24.3 Å². The van der Waals surface area contributed by atoms with Crippen LogP contribution in [0.25, 0.3) is 0 Å². The Morgan fingerprint density at radius 3 is 2.82 bits per heavy atom. The van der Waals surface area contributed by atoms with E-state index in [2.05, 4.69) is 38.2 Å². The summed E-state index contributed by atoms with van der Waals surface area (Å²) in [5.74, 6) is 0. The fraction of sp³-hybridized carbons (Fsp3) is 0.636. The van der Waals surface area contributed by atoms with Crippen molar-refractivity contribution in [3.63, 3.8) is 0 Å². The Hall–Kier alpha value is -0.520. The van der Waals surface area contributed by atoms with E-state index in [1.807, 2.05) is 0 Å². The highest BCUT2D eigenvalue weighted by atomic mass is 14.2. The summed E-state index contributed by atoms with van der Waals surface area (Å²) in [5, 5.41) is 0. The minimum Gasteiger partial charge on any atom is -0.0882 e. The largest absolute Gasteiger partial charge is 0.0882 e. The summed E-state index contributed by atoms with van der Waals surface area (Å²) in [6.45, 7) is 4.62. The van der Waals surface area contributed by atoms with Crippen LogP contribution in [0.5, 0.6) is 0 Å². The molecule has 1 aliphatic carbocycles. The molecule has 0 spiro atoms. The molecule has 0 aromatic heterocycles. The Bertz CT molecular complexity index is 165. The number of rotatable bonds is 1. The quantitative estimate of drug-likeness (QED) is 0.500. The van der Waals surface area contributed by atoms with Gasteiger partial charge in [-0.15, -0.1) is 0 Å². The molecular formula is C11H18. The monoisotopic (exact) mass is 150 g/mol. The summed E-state index contributed by atoms with van der Waals surface area (Å²) < 4.78 is 0. The second kappa shape index (κ2) is 3.75. The van der Waals surface area contributed by atoms with Crippen molar-refractivity contribution in [3.8, 4) is 0 Å². The van der Waals surface area contributed by atoms with E-state index < -0.39 is 0 Å². The van der Waals surface area contributed by atoms with E-state index in [1.165, 1.54) is 19.3 Å². The molecule has 0 fully saturated rings. The lowest BCUT2D eigenvalue weighted by molar-refractivity contribution is 0.378. The minimum atomic E-state index is 0.463. The van der Waals surface area contributed by atoms with Gasteiger partial charge in [0, 0.05) is 0 Å². The summed E-state index contributed by atoms with van der Waals surface area (Å²) in [6, 6.07) is 0. The zero-order valence-corrected chi connectivity index (χ0v) is 7.64. The molecule has 1 aliphatic rings. The van der Waals surface area contributed by atoms with E-state index in [4.69, 9.17) is 0 Å². The smallest absolute Gasteiger partial charge is 0.0146 e. The summed E-state index contributed by atoms with van der Waals surface area (Å²) in [5.41, 5.74) is 0.463. The molecule has 62 valence electrons. The third-order valence-corrected chi connectivity index (χ3v) is 2.65. The normalized spacial score (nSPS) is 37.3. The van der Waals surface area contributed by atoms with Crippen LogP contribution in [0.4, 0.5) is 0 Å². The first-order chi connectivity index (χ1) is 5.27. The summed E-state index contributed by atoms with van der Waals surface area (Å²) in [7, 11) is 0. The van der Waals surface area contributed by atoms with Crippen molar-refractivity contribution in [2.75, 3.05) is 0 Å². The maximum Gasteiger partial charge on any atom is -0.0146 e. The van der Waals surface area contributed by atoms with E-state index in [0.717, 1.165) is 6.42 Å². The van der Waals surface area contributed by atoms with Crippen LogP contribution in [0, 0.1) is 5.41 Å². The first-order valence-corrected chi connectivity index (χ1v) is 4.59. The Kier molecular flexibility index (Phi) is 2.92. The Morgan fingerprint density at radius 1 is 1.27 bits per heavy atom. The predicted octanol–water partition coefficient (Wildman–Crippen LogP) is 3.70. The van der Waals surface area contributed by atoms with Gasteiger partial charge in [0.2, 0.25) is 0 Å². The van der Waals surface area contributed by atoms with Gasteiger partial charge in [0.05, 0.1) is 0 Å². The van der Waals surface area contributed by atoms with Crippen LogP contribution < -0.4 is 0 Å². The topological polar surface area (TPSA) is 0 Å². The van der Waals surface area contributed by atoms with E-state index in [9.17, 15) is 0 Å². The van der Waals surface area contributed by atoms with Gasteiger partial charge in [0.15, 0.2) is 0 Å². The summed E-state index contributed by atoms with van der Waals surface area (Å²) >= 11 is 0. The average molecular weight is 150 g/mol. The molecular weight excluding hydrogens is 132 g/mol. The highest BCUT2D eigenvalue weighted by Crippen LogP contribution is 2.30. The molecule has 0 N–H and O–H groups in total. The Labute approximate surface area is 70.0 Å². The van der Waals surface area contributed by atoms with Crippen LogP contribution in [-0.4, -0.2) is 0 Å². The van der Waals surface area contributed by atoms with Crippen LogP contribution in [0.3, 0.4) is 0 Å². The molecule has 1 rings (SSSR count). The lowest BCUT2D eigenvalue weighted by atomic mass is 9.81. The van der Waals surface area contributed by atoms with Gasteiger partial charge in [0.1, 0.15) is 0 Å². The number of hydrogen-bond acceptors (Lipinski definition) is 0. The Balaban J connectivity index is 2.60. The molecule has 0 bridgehead atoms. The van der Waals surface area contributed by atoms with Gasteiger partial charge in [-0.3, -0.25) is 0 Å². The van der Waals surface area contributed by atoms with Crippen molar-refractivity contribution < 1.29 is 0 Å². The van der Waals surface area contributed by atoms with Gasteiger partial charge in [-0.2, -0.15) is 0 Å². The Morgan fingerprint density at radius 2 is 2.09 bits per heavy atom. The van der Waals surface area contributed by atoms with Gasteiger partial charge < -0.3 is 0 Å². The molecule has 1 atom stereocenters. The molecule has 11 heavy (non-hydrogen) atoms. The van der Waals surface area contributed by atoms with Gasteiger partial charge in [-0.25, -0.2) is 0 Å². The third kappa shape index (κ3) is 2.53. The average Bonchev–Trinajstić information content (AvgIpc) is 1.98. The molecule has 0 radical (unpaired) electrons. The minimum absolute atomic E-state index is 0.463. The predicted molar refractivity (Wildman–Crippen MR) is 50.5 cm³/mol. The lowest BCUT2D eigenvalue weighted by Crippen LogP contribution is -2.11. The lowest BCUT2D eigenvalue weighted by Gasteiger charge is -2.24. The van der Waals surface area contributed by atoms with Crippen LogP contribution in [0.15, 0.2) is 24.3 Å². The van der Waals surface area contributed by atoms with Crippen molar-refractivity contribution in [2.45, 2.75) is 39.5 Å². The first-order valence-electron chi connectivity index (χ1n) is 4.59. The molecule has 0 aliphatic heterocycles. The SMILES string of the molecule is CCC1(C)/C=C\C/C=C\CC1. The van der Waals surface area contributed by atoms with Gasteiger partial charge in [-0.1, -0.05) is 38.2 Å². The fourth-order valence-electron chi connectivity index (χ4n) is 1.44. The summed E-state index contributed by atoms with van der Waals surface area (Å²) in [4.78, 5) is 0. The zero-order chi connectivity index (χ0) is 8.16. The van der Waals surface area contributed by atoms with E-state index in [-0.39, 0.29) is 0 Å². The zero-order valence-electron chi connectivity index (χ0n) is 7.64. The molecule has 0 saturated heterocycles. The second-order valence-electron chi connectivity index (χ2n) is 3.66. The summed E-state index contributed by atoms with van der Waals surface area (Å²) in [6.07, 6.45) is 14.2. The molecule has 1 unspecified atom stereocenters. The molecule has 0 amide bonds.